The van der Waals surface area contributed by atoms with Crippen molar-refractivity contribution >= 4 is 52.2 Å². The number of hydrogen-bond acceptors (Lipinski definition) is 7. The number of nitrogen functional groups attached to an aromatic ring is 1. The van der Waals surface area contributed by atoms with Gasteiger partial charge in [0.2, 0.25) is 5.91 Å². The van der Waals surface area contributed by atoms with Crippen molar-refractivity contribution in [1.29, 1.82) is 0 Å². The molecule has 0 radical (unpaired) electrons. The summed E-state index contributed by atoms with van der Waals surface area (Å²) in [6.45, 7) is 0. The van der Waals surface area contributed by atoms with Gasteiger partial charge in [-0.1, -0.05) is 62.3 Å². The second-order valence-corrected chi connectivity index (χ2v) is 12.4. The number of hydrogen-bond donors (Lipinski definition) is 4. The Bertz CT molecular complexity index is 1470. The van der Waals surface area contributed by atoms with Crippen molar-refractivity contribution in [3.8, 4) is 5.75 Å². The van der Waals surface area contributed by atoms with Gasteiger partial charge in [-0.25, -0.2) is 4.39 Å². The van der Waals surface area contributed by atoms with Crippen molar-refractivity contribution in [1.82, 2.24) is 15.0 Å². The van der Waals surface area contributed by atoms with Crippen molar-refractivity contribution in [2.75, 3.05) is 10.6 Å². The van der Waals surface area contributed by atoms with E-state index in [2.05, 4.69) is 15.0 Å². The zero-order valence-corrected chi connectivity index (χ0v) is 25.2. The van der Waals surface area contributed by atoms with E-state index in [1.54, 1.807) is 12.1 Å². The average Bonchev–Trinajstić information content (AvgIpc) is 3.40. The highest BCUT2D eigenvalue weighted by Gasteiger charge is 2.37. The van der Waals surface area contributed by atoms with Crippen molar-refractivity contribution in [3.63, 3.8) is 0 Å². The van der Waals surface area contributed by atoms with Gasteiger partial charge in [-0.15, -0.1) is 0 Å². The normalized spacial score (nSPS) is 16.8. The predicted molar refractivity (Wildman–Crippen MR) is 165 cm³/mol. The van der Waals surface area contributed by atoms with Crippen LogP contribution < -0.4 is 21.3 Å². The lowest BCUT2D eigenvalue weighted by molar-refractivity contribution is -0.123. The van der Waals surface area contributed by atoms with E-state index >= 15 is 0 Å². The molecule has 2 fully saturated rings. The van der Waals surface area contributed by atoms with E-state index in [1.807, 2.05) is 0 Å². The third-order valence-electron chi connectivity index (χ3n) is 8.14. The summed E-state index contributed by atoms with van der Waals surface area (Å²) in [6.07, 6.45) is 9.59. The highest BCUT2D eigenvalue weighted by molar-refractivity contribution is 7.09. The number of carbonyl (C=O) groups excluding carboxylic acids is 3. The molecular weight excluding hydrogens is 593 g/mol. The summed E-state index contributed by atoms with van der Waals surface area (Å²) < 4.78 is 18.5. The lowest BCUT2D eigenvalue weighted by Crippen LogP contribution is -2.47. The van der Waals surface area contributed by atoms with Gasteiger partial charge < -0.3 is 21.5 Å². The standard InChI is InChI=1S/C31H35ClFN5O4S/c32-23-17-21(13-16-24(23)33)38(27(18-11-14-22(39)15-12-18)30(41)36-20-9-5-2-6-10-20)31(42)28-25(34)26(37-43-28)29(40)35-19-7-3-1-4-8-19/h11-17,19-20,27,39H,1-10,34H2,(H,35,40)(H,36,41)/t27-/m0/s1. The van der Waals surface area contributed by atoms with Crippen molar-refractivity contribution in [2.45, 2.75) is 82.3 Å². The van der Waals surface area contributed by atoms with Gasteiger partial charge in [-0.05, 0) is 73.1 Å². The number of phenols is 1. The molecule has 3 amide bonds. The van der Waals surface area contributed by atoms with Crippen LogP contribution in [-0.2, 0) is 4.79 Å². The Morgan fingerprint density at radius 3 is 2.16 bits per heavy atom. The molecule has 2 aliphatic rings. The first-order chi connectivity index (χ1) is 20.7. The van der Waals surface area contributed by atoms with Crippen molar-refractivity contribution in [3.05, 3.63) is 69.4 Å². The molecule has 2 aromatic carbocycles. The van der Waals surface area contributed by atoms with Crippen LogP contribution in [-0.4, -0.2) is 39.3 Å². The molecule has 1 atom stereocenters. The number of nitrogens with two attached hydrogens (primary N) is 1. The zero-order valence-electron chi connectivity index (χ0n) is 23.7. The first kappa shape index (κ1) is 30.7. The number of halogens is 2. The lowest BCUT2D eigenvalue weighted by Gasteiger charge is -2.33. The minimum atomic E-state index is -1.24. The summed E-state index contributed by atoms with van der Waals surface area (Å²) in [5.74, 6) is -2.32. The molecule has 0 bridgehead atoms. The summed E-state index contributed by atoms with van der Waals surface area (Å²) in [5.41, 5.74) is 6.78. The highest BCUT2D eigenvalue weighted by Crippen LogP contribution is 2.36. The summed E-state index contributed by atoms with van der Waals surface area (Å²) in [7, 11) is 0. The van der Waals surface area contributed by atoms with E-state index in [1.165, 1.54) is 29.2 Å². The molecule has 0 spiro atoms. The molecule has 0 unspecified atom stereocenters. The highest BCUT2D eigenvalue weighted by atomic mass is 35.5. The Morgan fingerprint density at radius 1 is 0.953 bits per heavy atom. The number of benzene rings is 2. The number of nitrogens with zero attached hydrogens (tertiary/aromatic N) is 2. The van der Waals surface area contributed by atoms with Gasteiger partial charge in [0, 0.05) is 17.8 Å². The van der Waals surface area contributed by atoms with Crippen molar-refractivity contribution < 1.29 is 23.9 Å². The van der Waals surface area contributed by atoms with Crippen LogP contribution in [0.25, 0.3) is 0 Å². The number of aromatic hydroxyl groups is 1. The van der Waals surface area contributed by atoms with E-state index < -0.39 is 29.6 Å². The monoisotopic (exact) mass is 627 g/mol. The number of rotatable bonds is 8. The fourth-order valence-corrected chi connectivity index (χ4v) is 6.76. The van der Waals surface area contributed by atoms with Crippen LogP contribution in [0.4, 0.5) is 15.8 Å². The van der Waals surface area contributed by atoms with Gasteiger partial charge >= 0.3 is 0 Å². The molecule has 0 aliphatic heterocycles. The van der Waals surface area contributed by atoms with Gasteiger partial charge in [0.15, 0.2) is 5.69 Å². The number of aromatic nitrogens is 1. The third-order valence-corrected chi connectivity index (χ3v) is 9.29. The Balaban J connectivity index is 1.54. The molecule has 2 aliphatic carbocycles. The summed E-state index contributed by atoms with van der Waals surface area (Å²) in [4.78, 5) is 42.7. The second-order valence-electron chi connectivity index (χ2n) is 11.2. The first-order valence-electron chi connectivity index (χ1n) is 14.7. The summed E-state index contributed by atoms with van der Waals surface area (Å²) in [6, 6.07) is 8.38. The molecule has 9 nitrogen and oxygen atoms in total. The van der Waals surface area contributed by atoms with Crippen molar-refractivity contribution in [2.24, 2.45) is 0 Å². The van der Waals surface area contributed by atoms with Crippen LogP contribution in [0, 0.1) is 5.82 Å². The molecule has 0 saturated heterocycles. The van der Waals surface area contributed by atoms with Crippen LogP contribution in [0.3, 0.4) is 0 Å². The fourth-order valence-electron chi connectivity index (χ4n) is 5.85. The number of phenolic OH excluding ortho intramolecular Hbond substituents is 1. The number of nitrogens with one attached hydrogen (secondary N) is 2. The maximum Gasteiger partial charge on any atom is 0.273 e. The van der Waals surface area contributed by atoms with Gasteiger partial charge in [-0.2, -0.15) is 4.37 Å². The van der Waals surface area contributed by atoms with Gasteiger partial charge in [0.1, 0.15) is 22.5 Å². The van der Waals surface area contributed by atoms with Crippen LogP contribution in [0.1, 0.15) is 96.0 Å². The van der Waals surface area contributed by atoms with E-state index in [4.69, 9.17) is 17.3 Å². The molecule has 5 N–H and O–H groups in total. The van der Waals surface area contributed by atoms with Crippen LogP contribution >= 0.6 is 23.1 Å². The van der Waals surface area contributed by atoms with E-state index in [-0.39, 0.29) is 44.8 Å². The smallest absolute Gasteiger partial charge is 0.273 e. The molecule has 2 saturated carbocycles. The quantitative estimate of drug-likeness (QED) is 0.237. The van der Waals surface area contributed by atoms with E-state index in [9.17, 15) is 23.9 Å². The van der Waals surface area contributed by atoms with E-state index in [0.29, 0.717) is 5.56 Å². The Hall–Kier alpha value is -3.70. The minimum absolute atomic E-state index is 0.0155. The second kappa shape index (κ2) is 13.7. The predicted octanol–water partition coefficient (Wildman–Crippen LogP) is 6.12. The topological polar surface area (TPSA) is 138 Å². The number of carbonyl (C=O) groups is 3. The summed E-state index contributed by atoms with van der Waals surface area (Å²) in [5, 5.41) is 15.8. The van der Waals surface area contributed by atoms with E-state index in [0.717, 1.165) is 81.8 Å². The molecular formula is C31H35ClFN5O4S. The third kappa shape index (κ3) is 7.10. The minimum Gasteiger partial charge on any atom is -0.508 e. The Kier molecular flexibility index (Phi) is 9.82. The van der Waals surface area contributed by atoms with Crippen LogP contribution in [0.5, 0.6) is 5.75 Å². The number of anilines is 2. The maximum atomic E-state index is 14.4. The molecule has 5 rings (SSSR count). The Morgan fingerprint density at radius 2 is 1.56 bits per heavy atom. The molecule has 1 heterocycles. The molecule has 1 aromatic heterocycles. The Labute approximate surface area is 258 Å². The van der Waals surface area contributed by atoms with Crippen LogP contribution in [0.15, 0.2) is 42.5 Å². The number of amides is 3. The molecule has 3 aromatic rings. The zero-order chi connectivity index (χ0) is 30.5. The molecule has 12 heteroatoms. The van der Waals surface area contributed by atoms with Gasteiger partial charge in [0.25, 0.3) is 11.8 Å². The summed E-state index contributed by atoms with van der Waals surface area (Å²) >= 11 is 6.91. The van der Waals surface area contributed by atoms with Gasteiger partial charge in [-0.3, -0.25) is 19.3 Å². The molecule has 43 heavy (non-hydrogen) atoms. The lowest BCUT2D eigenvalue weighted by atomic mass is 9.94. The van der Waals surface area contributed by atoms with Gasteiger partial charge in [0.05, 0.1) is 10.7 Å². The molecule has 228 valence electrons. The fraction of sp³-hybridized carbons (Fsp3) is 0.419. The SMILES string of the molecule is Nc1c(C(=O)NC2CCCCC2)nsc1C(=O)N(c1ccc(F)c(Cl)c1)[C@H](C(=O)NC1CCCCC1)c1ccc(O)cc1. The van der Waals surface area contributed by atoms with Crippen LogP contribution in [0.2, 0.25) is 5.02 Å². The first-order valence-corrected chi connectivity index (χ1v) is 15.8. The largest absolute Gasteiger partial charge is 0.508 e. The maximum absolute atomic E-state index is 14.4. The average molecular weight is 628 g/mol.